The summed E-state index contributed by atoms with van der Waals surface area (Å²) in [6.45, 7) is 0.819. The first kappa shape index (κ1) is 23.9. The second kappa shape index (κ2) is 9.67. The highest BCUT2D eigenvalue weighted by Crippen LogP contribution is 2.29. The van der Waals surface area contributed by atoms with Crippen LogP contribution in [-0.2, 0) is 16.3 Å². The average molecular weight is 514 g/mol. The lowest BCUT2D eigenvalue weighted by molar-refractivity contribution is 0.229. The van der Waals surface area contributed by atoms with Gasteiger partial charge in [-0.3, -0.25) is 4.57 Å². The number of thiazole rings is 1. The lowest BCUT2D eigenvalue weighted by Gasteiger charge is -2.31. The van der Waals surface area contributed by atoms with Gasteiger partial charge in [0.1, 0.15) is 27.1 Å². The minimum atomic E-state index is -2.87. The van der Waals surface area contributed by atoms with Crippen LogP contribution in [0.3, 0.4) is 0 Å². The van der Waals surface area contributed by atoms with E-state index in [2.05, 4.69) is 28.4 Å². The Hall–Kier alpha value is -2.82. The van der Waals surface area contributed by atoms with Crippen LogP contribution >= 0.6 is 11.3 Å². The SMILES string of the molecule is CNc1ccc(-c2ccc3c(CCN(C)C4CCS(=O)(=O)CC4)cn(-c4cscn4)c3n2)cc1F. The van der Waals surface area contributed by atoms with Crippen LogP contribution in [0.4, 0.5) is 10.1 Å². The van der Waals surface area contributed by atoms with E-state index >= 15 is 0 Å². The number of likely N-dealkylation sites (N-methyl/N-ethyl adjacent to an activating group) is 1. The first-order chi connectivity index (χ1) is 16.8. The van der Waals surface area contributed by atoms with Crippen LogP contribution in [0.25, 0.3) is 28.1 Å². The summed E-state index contributed by atoms with van der Waals surface area (Å²) in [4.78, 5) is 11.7. The van der Waals surface area contributed by atoms with Crippen molar-refractivity contribution in [2.45, 2.75) is 25.3 Å². The molecule has 0 spiro atoms. The Balaban J connectivity index is 1.44. The third-order valence-corrected chi connectivity index (χ3v) is 9.11. The van der Waals surface area contributed by atoms with Gasteiger partial charge < -0.3 is 10.2 Å². The predicted molar refractivity (Wildman–Crippen MR) is 140 cm³/mol. The van der Waals surface area contributed by atoms with Gasteiger partial charge in [0, 0.05) is 42.2 Å². The predicted octanol–water partition coefficient (Wildman–Crippen LogP) is 4.38. The molecule has 0 aliphatic carbocycles. The number of nitrogens with zero attached hydrogens (tertiary/aromatic N) is 4. The van der Waals surface area contributed by atoms with Crippen molar-refractivity contribution in [1.82, 2.24) is 19.4 Å². The number of anilines is 1. The van der Waals surface area contributed by atoms with Crippen LogP contribution in [0.1, 0.15) is 18.4 Å². The molecule has 35 heavy (non-hydrogen) atoms. The van der Waals surface area contributed by atoms with Gasteiger partial charge in [0.2, 0.25) is 0 Å². The molecule has 0 amide bonds. The van der Waals surface area contributed by atoms with E-state index in [1.165, 1.54) is 17.4 Å². The maximum Gasteiger partial charge on any atom is 0.150 e. The van der Waals surface area contributed by atoms with E-state index in [-0.39, 0.29) is 23.4 Å². The second-order valence-corrected chi connectivity index (χ2v) is 12.0. The number of halogens is 1. The molecular weight excluding hydrogens is 485 g/mol. The molecule has 0 atom stereocenters. The van der Waals surface area contributed by atoms with Gasteiger partial charge in [-0.05, 0) is 56.1 Å². The highest BCUT2D eigenvalue weighted by molar-refractivity contribution is 7.91. The van der Waals surface area contributed by atoms with Gasteiger partial charge in [-0.25, -0.2) is 22.8 Å². The van der Waals surface area contributed by atoms with E-state index in [0.29, 0.717) is 29.8 Å². The average Bonchev–Trinajstić information content (AvgIpc) is 3.50. The largest absolute Gasteiger partial charge is 0.386 e. The number of rotatable bonds is 7. The van der Waals surface area contributed by atoms with E-state index < -0.39 is 9.84 Å². The van der Waals surface area contributed by atoms with Gasteiger partial charge in [0.15, 0.2) is 0 Å². The Kier molecular flexibility index (Phi) is 6.61. The molecule has 0 unspecified atom stereocenters. The molecule has 1 N–H and O–H groups in total. The Labute approximate surface area is 208 Å². The number of fused-ring (bicyclic) bond motifs is 1. The maximum atomic E-state index is 14.4. The van der Waals surface area contributed by atoms with Crippen molar-refractivity contribution in [2.24, 2.45) is 0 Å². The number of nitrogens with one attached hydrogen (secondary N) is 1. The third-order valence-electron chi connectivity index (χ3n) is 6.82. The smallest absolute Gasteiger partial charge is 0.150 e. The van der Waals surface area contributed by atoms with Gasteiger partial charge in [-0.15, -0.1) is 11.3 Å². The highest BCUT2D eigenvalue weighted by Gasteiger charge is 2.26. The zero-order chi connectivity index (χ0) is 24.6. The summed E-state index contributed by atoms with van der Waals surface area (Å²) in [7, 11) is 0.892. The Morgan fingerprint density at radius 1 is 1.23 bits per heavy atom. The summed E-state index contributed by atoms with van der Waals surface area (Å²) < 4.78 is 39.9. The van der Waals surface area contributed by atoms with E-state index in [9.17, 15) is 12.8 Å². The maximum absolute atomic E-state index is 14.4. The molecule has 3 aromatic heterocycles. The van der Waals surface area contributed by atoms with Gasteiger partial charge in [0.25, 0.3) is 0 Å². The van der Waals surface area contributed by atoms with Crippen molar-refractivity contribution >= 4 is 37.9 Å². The van der Waals surface area contributed by atoms with E-state index in [1.807, 2.05) is 28.1 Å². The number of hydrogen-bond acceptors (Lipinski definition) is 7. The molecule has 10 heteroatoms. The zero-order valence-electron chi connectivity index (χ0n) is 19.7. The monoisotopic (exact) mass is 513 g/mol. The Morgan fingerprint density at radius 2 is 2.03 bits per heavy atom. The van der Waals surface area contributed by atoms with Crippen molar-refractivity contribution in [2.75, 3.05) is 37.5 Å². The molecule has 1 aliphatic heterocycles. The number of aromatic nitrogens is 3. The standard InChI is InChI=1S/C25H28FN5O2S2/c1-27-23-5-3-17(13-21(23)26)22-6-4-20-18(14-31(25(20)29-22)24-15-34-16-28-24)7-10-30(2)19-8-11-35(32,33)12-9-19/h3-6,13-16,19,27H,7-12H2,1-2H3. The van der Waals surface area contributed by atoms with Crippen LogP contribution in [0, 0.1) is 5.82 Å². The van der Waals surface area contributed by atoms with Crippen LogP contribution in [-0.4, -0.2) is 66.0 Å². The van der Waals surface area contributed by atoms with Gasteiger partial charge in [0.05, 0.1) is 28.4 Å². The lowest BCUT2D eigenvalue weighted by Crippen LogP contribution is -2.39. The summed E-state index contributed by atoms with van der Waals surface area (Å²) in [5.41, 5.74) is 5.58. The van der Waals surface area contributed by atoms with E-state index in [1.54, 1.807) is 18.6 Å². The van der Waals surface area contributed by atoms with Crippen molar-refractivity contribution in [3.63, 3.8) is 0 Å². The van der Waals surface area contributed by atoms with Crippen molar-refractivity contribution in [3.8, 4) is 17.1 Å². The molecule has 0 radical (unpaired) electrons. The van der Waals surface area contributed by atoms with Crippen molar-refractivity contribution < 1.29 is 12.8 Å². The van der Waals surface area contributed by atoms with Crippen molar-refractivity contribution in [3.05, 3.63) is 58.8 Å². The van der Waals surface area contributed by atoms with Gasteiger partial charge in [-0.2, -0.15) is 0 Å². The van der Waals surface area contributed by atoms with Crippen LogP contribution in [0.2, 0.25) is 0 Å². The third kappa shape index (κ3) is 4.96. The summed E-state index contributed by atoms with van der Waals surface area (Å²) in [5, 5.41) is 5.86. The molecule has 1 aromatic carbocycles. The topological polar surface area (TPSA) is 80.1 Å². The minimum Gasteiger partial charge on any atom is -0.386 e. The molecule has 5 rings (SSSR count). The molecule has 1 aliphatic rings. The quantitative estimate of drug-likeness (QED) is 0.395. The summed E-state index contributed by atoms with van der Waals surface area (Å²) >= 11 is 1.52. The molecule has 184 valence electrons. The highest BCUT2D eigenvalue weighted by atomic mass is 32.2. The molecule has 4 heterocycles. The Morgan fingerprint density at radius 3 is 2.71 bits per heavy atom. The van der Waals surface area contributed by atoms with Crippen LogP contribution in [0.5, 0.6) is 0 Å². The second-order valence-electron chi connectivity index (χ2n) is 9.00. The molecule has 1 fully saturated rings. The molecule has 7 nitrogen and oxygen atoms in total. The number of hydrogen-bond donors (Lipinski definition) is 1. The zero-order valence-corrected chi connectivity index (χ0v) is 21.4. The molecule has 0 bridgehead atoms. The van der Waals surface area contributed by atoms with E-state index in [4.69, 9.17) is 4.98 Å². The fraction of sp³-hybridized carbons (Fsp3) is 0.360. The fourth-order valence-corrected chi connectivity index (χ4v) is 6.70. The van der Waals surface area contributed by atoms with Gasteiger partial charge in [-0.1, -0.05) is 6.07 Å². The molecule has 4 aromatic rings. The summed E-state index contributed by atoms with van der Waals surface area (Å²) in [6, 6.07) is 9.34. The normalized spacial score (nSPS) is 16.2. The number of benzene rings is 1. The fourth-order valence-electron chi connectivity index (χ4n) is 4.70. The molecule has 0 saturated carbocycles. The number of pyridine rings is 1. The lowest BCUT2D eigenvalue weighted by atomic mass is 10.1. The molecular formula is C25H28FN5O2S2. The van der Waals surface area contributed by atoms with Gasteiger partial charge >= 0.3 is 0 Å². The minimum absolute atomic E-state index is 0.272. The van der Waals surface area contributed by atoms with E-state index in [0.717, 1.165) is 35.4 Å². The van der Waals surface area contributed by atoms with Crippen LogP contribution in [0.15, 0.2) is 47.4 Å². The first-order valence-electron chi connectivity index (χ1n) is 11.6. The summed E-state index contributed by atoms with van der Waals surface area (Å²) in [5.74, 6) is 1.03. The first-order valence-corrected chi connectivity index (χ1v) is 14.4. The van der Waals surface area contributed by atoms with Crippen LogP contribution < -0.4 is 5.32 Å². The summed E-state index contributed by atoms with van der Waals surface area (Å²) in [6.07, 6.45) is 4.26. The number of sulfone groups is 1. The van der Waals surface area contributed by atoms with Crippen molar-refractivity contribution in [1.29, 1.82) is 0 Å². The molecule has 1 saturated heterocycles. The Bertz CT molecular complexity index is 1440.